The predicted octanol–water partition coefficient (Wildman–Crippen LogP) is 1.50. The van der Waals surface area contributed by atoms with Gasteiger partial charge in [0.15, 0.2) is 0 Å². The number of carbonyl (C=O) groups is 1. The number of alkyl halides is 1. The fraction of sp³-hybridized carbons (Fsp3) is 0.500. The van der Waals surface area contributed by atoms with E-state index >= 15 is 0 Å². The molecule has 0 aliphatic heterocycles. The Bertz CT molecular complexity index is 101. The molecule has 0 saturated carbocycles. The molecule has 0 amide bonds. The van der Waals surface area contributed by atoms with Gasteiger partial charge < -0.3 is 4.74 Å². The summed E-state index contributed by atoms with van der Waals surface area (Å²) >= 11 is 3.20. The molecule has 0 radical (unpaired) electrons. The molecule has 9 heavy (non-hydrogen) atoms. The molecule has 0 heterocycles. The second-order valence-electron chi connectivity index (χ2n) is 1.41. The van der Waals surface area contributed by atoms with E-state index in [1.807, 2.05) is 0 Å². The van der Waals surface area contributed by atoms with Crippen LogP contribution in [0.3, 0.4) is 0 Å². The van der Waals surface area contributed by atoms with Gasteiger partial charge in [-0.2, -0.15) is 0 Å². The number of halogens is 1. The molecule has 52 valence electrons. The number of hydrogen-bond acceptors (Lipinski definition) is 2. The molecule has 0 aliphatic rings. The highest BCUT2D eigenvalue weighted by molar-refractivity contribution is 9.09. The monoisotopic (exact) mass is 192 g/mol. The van der Waals surface area contributed by atoms with Crippen molar-refractivity contribution in [1.29, 1.82) is 0 Å². The summed E-state index contributed by atoms with van der Waals surface area (Å²) < 4.78 is 4.64. The molecule has 0 aromatic heterocycles. The van der Waals surface area contributed by atoms with Crippen molar-refractivity contribution in [1.82, 2.24) is 0 Å². The van der Waals surface area contributed by atoms with Gasteiger partial charge in [-0.05, 0) is 6.42 Å². The molecule has 0 fully saturated rings. The summed E-state index contributed by atoms with van der Waals surface area (Å²) in [5, 5.41) is 0.859. The first-order chi connectivity index (χ1) is 4.31. The minimum Gasteiger partial charge on any atom is -0.463 e. The van der Waals surface area contributed by atoms with E-state index in [1.165, 1.54) is 0 Å². The van der Waals surface area contributed by atoms with Crippen molar-refractivity contribution in [2.45, 2.75) is 6.42 Å². The lowest BCUT2D eigenvalue weighted by Crippen LogP contribution is -2.01. The Morgan fingerprint density at radius 3 is 2.89 bits per heavy atom. The van der Waals surface area contributed by atoms with Crippen LogP contribution in [0.1, 0.15) is 6.42 Å². The van der Waals surface area contributed by atoms with Crippen molar-refractivity contribution in [3.05, 3.63) is 12.7 Å². The smallest absolute Gasteiger partial charge is 0.330 e. The Morgan fingerprint density at radius 2 is 2.44 bits per heavy atom. The first-order valence-corrected chi connectivity index (χ1v) is 3.78. The van der Waals surface area contributed by atoms with Gasteiger partial charge in [-0.1, -0.05) is 22.5 Å². The van der Waals surface area contributed by atoms with Gasteiger partial charge in [0.25, 0.3) is 0 Å². The van der Waals surface area contributed by atoms with Gasteiger partial charge in [0.05, 0.1) is 6.61 Å². The van der Waals surface area contributed by atoms with Crippen molar-refractivity contribution >= 4 is 21.9 Å². The summed E-state index contributed by atoms with van der Waals surface area (Å²) in [5.41, 5.74) is 0. The first-order valence-electron chi connectivity index (χ1n) is 2.66. The predicted molar refractivity (Wildman–Crippen MR) is 39.6 cm³/mol. The topological polar surface area (TPSA) is 26.3 Å². The summed E-state index contributed by atoms with van der Waals surface area (Å²) in [5.74, 6) is -0.351. The molecule has 0 aromatic rings. The Hall–Kier alpha value is -0.310. The molecule has 0 N–H and O–H groups in total. The van der Waals surface area contributed by atoms with Crippen LogP contribution < -0.4 is 0 Å². The molecule has 2 nitrogen and oxygen atoms in total. The van der Waals surface area contributed by atoms with Crippen LogP contribution >= 0.6 is 15.9 Å². The SMILES string of the molecule is C=CC(=O)OCCCBr. The molecule has 0 aromatic carbocycles. The summed E-state index contributed by atoms with van der Waals surface area (Å²) in [4.78, 5) is 10.3. The zero-order valence-electron chi connectivity index (χ0n) is 5.10. The minimum atomic E-state index is -0.351. The first kappa shape index (κ1) is 8.69. The van der Waals surface area contributed by atoms with Gasteiger partial charge in [0.1, 0.15) is 0 Å². The number of hydrogen-bond donors (Lipinski definition) is 0. The van der Waals surface area contributed by atoms with E-state index in [4.69, 9.17) is 0 Å². The number of rotatable bonds is 4. The van der Waals surface area contributed by atoms with Crippen LogP contribution in [0.5, 0.6) is 0 Å². The molecule has 0 unspecified atom stereocenters. The van der Waals surface area contributed by atoms with Crippen LogP contribution in [0.25, 0.3) is 0 Å². The molecule has 0 atom stereocenters. The molecule has 0 rings (SSSR count). The average Bonchev–Trinajstić information content (AvgIpc) is 1.89. The third-order valence-corrected chi connectivity index (χ3v) is 1.25. The van der Waals surface area contributed by atoms with E-state index in [2.05, 4.69) is 27.2 Å². The Labute approximate surface area is 63.0 Å². The Kier molecular flexibility index (Phi) is 5.62. The van der Waals surface area contributed by atoms with Gasteiger partial charge >= 0.3 is 5.97 Å². The van der Waals surface area contributed by atoms with Crippen LogP contribution in [-0.4, -0.2) is 17.9 Å². The maximum Gasteiger partial charge on any atom is 0.330 e. The standard InChI is InChI=1S/C6H9BrO2/c1-2-6(8)9-5-3-4-7/h2H,1,3-5H2. The second-order valence-corrected chi connectivity index (χ2v) is 2.21. The minimum absolute atomic E-state index is 0.351. The third kappa shape index (κ3) is 5.56. The van der Waals surface area contributed by atoms with E-state index < -0.39 is 0 Å². The summed E-state index contributed by atoms with van der Waals surface area (Å²) in [6.07, 6.45) is 2.01. The van der Waals surface area contributed by atoms with E-state index in [9.17, 15) is 4.79 Å². The van der Waals surface area contributed by atoms with Crippen molar-refractivity contribution in [2.75, 3.05) is 11.9 Å². The van der Waals surface area contributed by atoms with Crippen molar-refractivity contribution in [2.24, 2.45) is 0 Å². The molecule has 0 spiro atoms. The maximum absolute atomic E-state index is 10.3. The highest BCUT2D eigenvalue weighted by Crippen LogP contribution is 1.88. The van der Waals surface area contributed by atoms with Crippen molar-refractivity contribution < 1.29 is 9.53 Å². The van der Waals surface area contributed by atoms with E-state index in [1.54, 1.807) is 0 Å². The van der Waals surface area contributed by atoms with Crippen molar-refractivity contribution in [3.8, 4) is 0 Å². The van der Waals surface area contributed by atoms with Gasteiger partial charge in [-0.3, -0.25) is 0 Å². The second kappa shape index (κ2) is 5.82. The highest BCUT2D eigenvalue weighted by atomic mass is 79.9. The highest BCUT2D eigenvalue weighted by Gasteiger charge is 1.91. The van der Waals surface area contributed by atoms with Crippen LogP contribution in [0.2, 0.25) is 0 Å². The van der Waals surface area contributed by atoms with Crippen molar-refractivity contribution in [3.63, 3.8) is 0 Å². The molecule has 0 bridgehead atoms. The van der Waals surface area contributed by atoms with Gasteiger partial charge in [0, 0.05) is 11.4 Å². The maximum atomic E-state index is 10.3. The van der Waals surface area contributed by atoms with E-state index in [0.29, 0.717) is 6.61 Å². The zero-order chi connectivity index (χ0) is 7.11. The van der Waals surface area contributed by atoms with Crippen LogP contribution in [-0.2, 0) is 9.53 Å². The molecule has 0 aliphatic carbocycles. The normalized spacial score (nSPS) is 8.56. The van der Waals surface area contributed by atoms with Gasteiger partial charge in [-0.25, -0.2) is 4.79 Å². The summed E-state index contributed by atoms with van der Waals surface area (Å²) in [6, 6.07) is 0. The molecule has 3 heteroatoms. The fourth-order valence-corrected chi connectivity index (χ4v) is 0.515. The van der Waals surface area contributed by atoms with Gasteiger partial charge in [-0.15, -0.1) is 0 Å². The summed E-state index contributed by atoms with van der Waals surface area (Å²) in [7, 11) is 0. The van der Waals surface area contributed by atoms with E-state index in [0.717, 1.165) is 17.8 Å². The number of carbonyl (C=O) groups excluding carboxylic acids is 1. The zero-order valence-corrected chi connectivity index (χ0v) is 6.69. The Morgan fingerprint density at radius 1 is 1.78 bits per heavy atom. The quantitative estimate of drug-likeness (QED) is 0.292. The largest absolute Gasteiger partial charge is 0.463 e. The fourth-order valence-electron chi connectivity index (χ4n) is 0.286. The average molecular weight is 193 g/mol. The summed E-state index contributed by atoms with van der Waals surface area (Å²) in [6.45, 7) is 3.72. The molecule has 0 saturated heterocycles. The van der Waals surface area contributed by atoms with Crippen LogP contribution in [0.4, 0.5) is 0 Å². The molecular formula is C6H9BrO2. The lowest BCUT2D eigenvalue weighted by molar-refractivity contribution is -0.137. The van der Waals surface area contributed by atoms with Crippen LogP contribution in [0.15, 0.2) is 12.7 Å². The Balaban J connectivity index is 3.07. The lowest BCUT2D eigenvalue weighted by atomic mass is 10.5. The van der Waals surface area contributed by atoms with Crippen LogP contribution in [0, 0.1) is 0 Å². The van der Waals surface area contributed by atoms with E-state index in [-0.39, 0.29) is 5.97 Å². The third-order valence-electron chi connectivity index (χ3n) is 0.689. The van der Waals surface area contributed by atoms with Gasteiger partial charge in [0.2, 0.25) is 0 Å². The number of esters is 1. The lowest BCUT2D eigenvalue weighted by Gasteiger charge is -1.96. The number of ether oxygens (including phenoxy) is 1. The molecular weight excluding hydrogens is 184 g/mol.